The molecule has 2 heteroatoms. The molecule has 11 rings (SSSR count). The highest BCUT2D eigenvalue weighted by Gasteiger charge is 2.17. The molecule has 0 saturated heterocycles. The Hall–Kier alpha value is -6.64. The third-order valence-corrected chi connectivity index (χ3v) is 10.7. The fraction of sp³-hybridized carbons (Fsp3) is 0. The SMILES string of the molecule is c1ccc(-n2c3ccccc3c3ccc(-c4ccc5c6ccccc6n(-c6ccc7c8ccccc8c8ccccc8c7c6)c5c4)cc32)cc1. The van der Waals surface area contributed by atoms with Gasteiger partial charge in [0.15, 0.2) is 0 Å². The van der Waals surface area contributed by atoms with Gasteiger partial charge < -0.3 is 9.13 Å². The lowest BCUT2D eigenvalue weighted by molar-refractivity contribution is 1.18. The minimum absolute atomic E-state index is 1.17. The van der Waals surface area contributed by atoms with Crippen molar-refractivity contribution in [2.45, 2.75) is 0 Å². The standard InChI is InChI=1S/C48H30N2/c1-2-12-33(13-3-1)49-45-20-10-8-18-40(45)42-25-22-31(28-47(42)49)32-23-26-43-41-19-9-11-21-46(41)50(48(43)29-32)34-24-27-39-37-16-5-4-14-35(37)36-15-6-7-17-38(36)44(39)30-34/h1-30H. The average molecular weight is 635 g/mol. The van der Waals surface area contributed by atoms with Gasteiger partial charge in [0.1, 0.15) is 0 Å². The molecule has 0 fully saturated rings. The van der Waals surface area contributed by atoms with Crippen molar-refractivity contribution in [1.29, 1.82) is 0 Å². The predicted octanol–water partition coefficient (Wildman–Crippen LogP) is 13.0. The smallest absolute Gasteiger partial charge is 0.0547 e. The highest BCUT2D eigenvalue weighted by Crippen LogP contribution is 2.40. The fourth-order valence-electron chi connectivity index (χ4n) is 8.47. The molecule has 0 N–H and O–H groups in total. The van der Waals surface area contributed by atoms with Gasteiger partial charge in [0.2, 0.25) is 0 Å². The highest BCUT2D eigenvalue weighted by molar-refractivity contribution is 6.25. The molecule has 11 aromatic rings. The van der Waals surface area contributed by atoms with Crippen LogP contribution in [0.15, 0.2) is 182 Å². The summed E-state index contributed by atoms with van der Waals surface area (Å²) in [7, 11) is 0. The predicted molar refractivity (Wildman–Crippen MR) is 213 cm³/mol. The summed E-state index contributed by atoms with van der Waals surface area (Å²) in [6.45, 7) is 0. The quantitative estimate of drug-likeness (QED) is 0.171. The molecular weight excluding hydrogens is 605 g/mol. The van der Waals surface area contributed by atoms with Crippen LogP contribution in [-0.4, -0.2) is 9.13 Å². The van der Waals surface area contributed by atoms with Gasteiger partial charge in [0.05, 0.1) is 22.1 Å². The zero-order chi connectivity index (χ0) is 32.8. The van der Waals surface area contributed by atoms with Gasteiger partial charge in [-0.2, -0.15) is 0 Å². The van der Waals surface area contributed by atoms with Crippen LogP contribution in [0, 0.1) is 0 Å². The molecule has 0 aliphatic rings. The van der Waals surface area contributed by atoms with Crippen LogP contribution >= 0.6 is 0 Å². The topological polar surface area (TPSA) is 9.86 Å². The summed E-state index contributed by atoms with van der Waals surface area (Å²) in [5.41, 5.74) is 9.59. The number of para-hydroxylation sites is 3. The van der Waals surface area contributed by atoms with Crippen molar-refractivity contribution in [2.75, 3.05) is 0 Å². The molecule has 0 bridgehead atoms. The van der Waals surface area contributed by atoms with E-state index in [-0.39, 0.29) is 0 Å². The summed E-state index contributed by atoms with van der Waals surface area (Å²) < 4.78 is 4.85. The molecule has 50 heavy (non-hydrogen) atoms. The second-order valence-electron chi connectivity index (χ2n) is 13.3. The summed E-state index contributed by atoms with van der Waals surface area (Å²) in [6.07, 6.45) is 0. The summed E-state index contributed by atoms with van der Waals surface area (Å²) in [4.78, 5) is 0. The number of hydrogen-bond donors (Lipinski definition) is 0. The van der Waals surface area contributed by atoms with Crippen LogP contribution in [0.4, 0.5) is 0 Å². The number of aromatic nitrogens is 2. The Balaban J connectivity index is 1.17. The molecule has 2 nitrogen and oxygen atoms in total. The first-order chi connectivity index (χ1) is 24.8. The van der Waals surface area contributed by atoms with E-state index in [0.29, 0.717) is 0 Å². The molecule has 232 valence electrons. The van der Waals surface area contributed by atoms with Gasteiger partial charge >= 0.3 is 0 Å². The molecule has 0 unspecified atom stereocenters. The zero-order valence-corrected chi connectivity index (χ0v) is 27.2. The number of rotatable bonds is 3. The summed E-state index contributed by atoms with van der Waals surface area (Å²) in [5, 5.41) is 12.8. The normalized spacial score (nSPS) is 12.0. The molecule has 9 aromatic carbocycles. The number of benzene rings is 9. The van der Waals surface area contributed by atoms with Gasteiger partial charge in [-0.15, -0.1) is 0 Å². The van der Waals surface area contributed by atoms with Gasteiger partial charge in [-0.1, -0.05) is 133 Å². The minimum atomic E-state index is 1.17. The van der Waals surface area contributed by atoms with Gasteiger partial charge in [0.25, 0.3) is 0 Å². The second kappa shape index (κ2) is 10.4. The highest BCUT2D eigenvalue weighted by atomic mass is 15.0. The lowest BCUT2D eigenvalue weighted by Gasteiger charge is -2.14. The molecule has 0 atom stereocenters. The van der Waals surface area contributed by atoms with Crippen molar-refractivity contribution >= 4 is 75.9 Å². The van der Waals surface area contributed by atoms with E-state index in [1.165, 1.54) is 98.4 Å². The van der Waals surface area contributed by atoms with E-state index >= 15 is 0 Å². The van der Waals surface area contributed by atoms with Crippen molar-refractivity contribution in [3.63, 3.8) is 0 Å². The lowest BCUT2D eigenvalue weighted by Crippen LogP contribution is -1.95. The van der Waals surface area contributed by atoms with Crippen LogP contribution in [0.3, 0.4) is 0 Å². The van der Waals surface area contributed by atoms with Crippen molar-refractivity contribution in [1.82, 2.24) is 9.13 Å². The van der Waals surface area contributed by atoms with E-state index in [2.05, 4.69) is 191 Å². The maximum absolute atomic E-state index is 2.46. The van der Waals surface area contributed by atoms with Crippen molar-refractivity contribution in [3.8, 4) is 22.5 Å². The Morgan fingerprint density at radius 2 is 0.600 bits per heavy atom. The van der Waals surface area contributed by atoms with E-state index in [1.807, 2.05) is 0 Å². The van der Waals surface area contributed by atoms with Crippen LogP contribution in [0.2, 0.25) is 0 Å². The molecular formula is C48H30N2. The van der Waals surface area contributed by atoms with Crippen molar-refractivity contribution < 1.29 is 0 Å². The Morgan fingerprint density at radius 1 is 0.220 bits per heavy atom. The molecule has 0 aliphatic carbocycles. The average Bonchev–Trinajstić information content (AvgIpc) is 3.70. The molecule has 0 aliphatic heterocycles. The van der Waals surface area contributed by atoms with Crippen LogP contribution < -0.4 is 0 Å². The van der Waals surface area contributed by atoms with Gasteiger partial charge in [0, 0.05) is 32.9 Å². The van der Waals surface area contributed by atoms with E-state index < -0.39 is 0 Å². The van der Waals surface area contributed by atoms with Crippen LogP contribution in [0.1, 0.15) is 0 Å². The Labute approximate surface area is 288 Å². The first-order valence-electron chi connectivity index (χ1n) is 17.3. The number of nitrogens with zero attached hydrogens (tertiary/aromatic N) is 2. The minimum Gasteiger partial charge on any atom is -0.309 e. The van der Waals surface area contributed by atoms with Crippen molar-refractivity contribution in [2.24, 2.45) is 0 Å². The van der Waals surface area contributed by atoms with Crippen LogP contribution in [0.25, 0.3) is 98.4 Å². The number of fused-ring (bicyclic) bond motifs is 12. The molecule has 2 heterocycles. The molecule has 0 spiro atoms. The van der Waals surface area contributed by atoms with E-state index in [0.717, 1.165) is 0 Å². The fourth-order valence-corrected chi connectivity index (χ4v) is 8.47. The monoisotopic (exact) mass is 634 g/mol. The Kier molecular flexibility index (Phi) is 5.70. The summed E-state index contributed by atoms with van der Waals surface area (Å²) >= 11 is 0. The largest absolute Gasteiger partial charge is 0.309 e. The van der Waals surface area contributed by atoms with Gasteiger partial charge in [-0.25, -0.2) is 0 Å². The zero-order valence-electron chi connectivity index (χ0n) is 27.2. The molecule has 0 saturated carbocycles. The maximum Gasteiger partial charge on any atom is 0.0547 e. The second-order valence-corrected chi connectivity index (χ2v) is 13.3. The van der Waals surface area contributed by atoms with Gasteiger partial charge in [-0.3, -0.25) is 0 Å². The van der Waals surface area contributed by atoms with E-state index in [1.54, 1.807) is 0 Å². The van der Waals surface area contributed by atoms with Crippen LogP contribution in [-0.2, 0) is 0 Å². The lowest BCUT2D eigenvalue weighted by atomic mass is 9.94. The summed E-state index contributed by atoms with van der Waals surface area (Å²) in [5.74, 6) is 0. The maximum atomic E-state index is 2.46. The molecule has 2 aromatic heterocycles. The first-order valence-corrected chi connectivity index (χ1v) is 17.3. The van der Waals surface area contributed by atoms with E-state index in [9.17, 15) is 0 Å². The third kappa shape index (κ3) is 3.85. The van der Waals surface area contributed by atoms with Gasteiger partial charge in [-0.05, 0) is 92.0 Å². The third-order valence-electron chi connectivity index (χ3n) is 10.7. The van der Waals surface area contributed by atoms with Crippen LogP contribution in [0.5, 0.6) is 0 Å². The number of hydrogen-bond acceptors (Lipinski definition) is 0. The van der Waals surface area contributed by atoms with Crippen molar-refractivity contribution in [3.05, 3.63) is 182 Å². The molecule has 0 radical (unpaired) electrons. The Bertz CT molecular complexity index is 3110. The summed E-state index contributed by atoms with van der Waals surface area (Å²) in [6, 6.07) is 66.8. The van der Waals surface area contributed by atoms with E-state index in [4.69, 9.17) is 0 Å². The first kappa shape index (κ1) is 27.3. The molecule has 0 amide bonds. The Morgan fingerprint density at radius 3 is 1.14 bits per heavy atom.